The first-order valence-electron chi connectivity index (χ1n) is 8.39. The molecule has 0 radical (unpaired) electrons. The monoisotopic (exact) mass is 389 g/mol. The number of ether oxygens (including phenoxy) is 1. The molecule has 0 bridgehead atoms. The van der Waals surface area contributed by atoms with Gasteiger partial charge in [0.2, 0.25) is 17.6 Å². The average Bonchev–Trinajstić information content (AvgIpc) is 3.29. The fourth-order valence-electron chi connectivity index (χ4n) is 3.13. The Morgan fingerprint density at radius 3 is 2.68 bits per heavy atom. The Morgan fingerprint density at radius 2 is 1.96 bits per heavy atom. The van der Waals surface area contributed by atoms with Gasteiger partial charge < -0.3 is 14.2 Å². The summed E-state index contributed by atoms with van der Waals surface area (Å²) in [7, 11) is 1.36. The summed E-state index contributed by atoms with van der Waals surface area (Å²) in [6.45, 7) is 0.111. The maximum absolute atomic E-state index is 14.0. The third kappa shape index (κ3) is 3.19. The largest absolute Gasteiger partial charge is 0.494 e. The van der Waals surface area contributed by atoms with Crippen LogP contribution in [0.4, 0.5) is 18.9 Å². The Hall–Kier alpha value is -3.36. The van der Waals surface area contributed by atoms with Crippen LogP contribution in [0.15, 0.2) is 40.9 Å². The van der Waals surface area contributed by atoms with Crippen molar-refractivity contribution in [2.45, 2.75) is 12.3 Å². The quantitative estimate of drug-likeness (QED) is 0.681. The van der Waals surface area contributed by atoms with Crippen molar-refractivity contribution in [3.05, 3.63) is 59.7 Å². The maximum Gasteiger partial charge on any atom is 0.232 e. The number of carbonyl (C=O) groups excluding carboxylic acids is 1. The van der Waals surface area contributed by atoms with Crippen molar-refractivity contribution < 1.29 is 27.2 Å². The highest BCUT2D eigenvalue weighted by Crippen LogP contribution is 2.33. The first kappa shape index (κ1) is 18.0. The van der Waals surface area contributed by atoms with E-state index in [1.54, 1.807) is 6.07 Å². The van der Waals surface area contributed by atoms with Crippen LogP contribution in [0, 0.1) is 17.5 Å². The van der Waals surface area contributed by atoms with Gasteiger partial charge in [0.25, 0.3) is 0 Å². The average molecular weight is 389 g/mol. The second-order valence-electron chi connectivity index (χ2n) is 6.31. The third-order valence-electron chi connectivity index (χ3n) is 4.53. The van der Waals surface area contributed by atoms with Crippen LogP contribution in [-0.4, -0.2) is 29.7 Å². The lowest BCUT2D eigenvalue weighted by Crippen LogP contribution is -2.25. The number of nitrogens with zero attached hydrogens (tertiary/aromatic N) is 3. The highest BCUT2D eigenvalue weighted by molar-refractivity contribution is 5.96. The van der Waals surface area contributed by atoms with Crippen molar-refractivity contribution in [2.24, 2.45) is 0 Å². The van der Waals surface area contributed by atoms with E-state index in [-0.39, 0.29) is 42.0 Å². The fraction of sp³-hybridized carbons (Fsp3) is 0.211. The van der Waals surface area contributed by atoms with Crippen molar-refractivity contribution in [1.82, 2.24) is 10.1 Å². The minimum Gasteiger partial charge on any atom is -0.494 e. The lowest BCUT2D eigenvalue weighted by molar-refractivity contribution is -0.117. The van der Waals surface area contributed by atoms with E-state index in [0.717, 1.165) is 12.1 Å². The minimum absolute atomic E-state index is 0.00846. The second kappa shape index (κ2) is 6.99. The molecule has 2 aromatic carbocycles. The first-order valence-corrected chi connectivity index (χ1v) is 8.39. The number of benzene rings is 2. The smallest absolute Gasteiger partial charge is 0.232 e. The Morgan fingerprint density at radius 1 is 1.14 bits per heavy atom. The Balaban J connectivity index is 1.56. The summed E-state index contributed by atoms with van der Waals surface area (Å²) in [4.78, 5) is 17.8. The number of rotatable bonds is 4. The molecule has 1 atom stereocenters. The number of methoxy groups -OCH3 is 1. The van der Waals surface area contributed by atoms with E-state index in [4.69, 9.17) is 9.26 Å². The minimum atomic E-state index is -0.825. The van der Waals surface area contributed by atoms with Crippen LogP contribution in [0.3, 0.4) is 0 Å². The van der Waals surface area contributed by atoms with Crippen LogP contribution in [0.1, 0.15) is 18.2 Å². The number of anilines is 1. The molecule has 6 nitrogen and oxygen atoms in total. The van der Waals surface area contributed by atoms with Gasteiger partial charge in [0.15, 0.2) is 11.6 Å². The van der Waals surface area contributed by atoms with E-state index in [9.17, 15) is 18.0 Å². The lowest BCUT2D eigenvalue weighted by Gasteiger charge is -2.16. The standard InChI is InChI=1S/C19H14F3N3O3/c1-27-16-5-2-10(6-14(16)22)18-23-19(28-24-18)11-7-17(26)25(9-11)15-4-3-12(20)8-13(15)21/h2-6,8,11H,7,9H2,1H3. The molecule has 1 saturated heterocycles. The van der Waals surface area contributed by atoms with Gasteiger partial charge >= 0.3 is 0 Å². The molecule has 0 aliphatic carbocycles. The lowest BCUT2D eigenvalue weighted by atomic mass is 10.1. The van der Waals surface area contributed by atoms with E-state index in [2.05, 4.69) is 10.1 Å². The Labute approximate surface area is 157 Å². The second-order valence-corrected chi connectivity index (χ2v) is 6.31. The zero-order valence-corrected chi connectivity index (χ0v) is 14.7. The summed E-state index contributed by atoms with van der Waals surface area (Å²) in [6.07, 6.45) is 0.0371. The Kier molecular flexibility index (Phi) is 4.50. The molecule has 1 aromatic heterocycles. The van der Waals surface area contributed by atoms with Crippen LogP contribution < -0.4 is 9.64 Å². The summed E-state index contributed by atoms with van der Waals surface area (Å²) < 4.78 is 51.1. The van der Waals surface area contributed by atoms with Crippen LogP contribution in [0.25, 0.3) is 11.4 Å². The van der Waals surface area contributed by atoms with Gasteiger partial charge in [-0.3, -0.25) is 4.79 Å². The van der Waals surface area contributed by atoms with E-state index >= 15 is 0 Å². The molecule has 0 saturated carbocycles. The molecule has 3 aromatic rings. The molecule has 1 aliphatic heterocycles. The maximum atomic E-state index is 14.0. The summed E-state index contributed by atoms with van der Waals surface area (Å²) in [5, 5.41) is 3.83. The van der Waals surface area contributed by atoms with Crippen molar-refractivity contribution in [3.8, 4) is 17.1 Å². The van der Waals surface area contributed by atoms with Gasteiger partial charge in [-0.15, -0.1) is 0 Å². The van der Waals surface area contributed by atoms with Gasteiger partial charge in [-0.05, 0) is 30.3 Å². The molecule has 2 heterocycles. The molecule has 0 N–H and O–H groups in total. The summed E-state index contributed by atoms with van der Waals surface area (Å²) in [5.74, 6) is -2.48. The highest BCUT2D eigenvalue weighted by atomic mass is 19.1. The molecule has 1 aliphatic rings. The molecule has 28 heavy (non-hydrogen) atoms. The molecule has 1 unspecified atom stereocenters. The number of hydrogen-bond acceptors (Lipinski definition) is 5. The SMILES string of the molecule is COc1ccc(-c2noc(C3CC(=O)N(c4ccc(F)cc4F)C3)n2)cc1F. The van der Waals surface area contributed by atoms with E-state index in [1.807, 2.05) is 0 Å². The number of halogens is 3. The molecular weight excluding hydrogens is 375 g/mol. The van der Waals surface area contributed by atoms with Crippen LogP contribution in [0.5, 0.6) is 5.75 Å². The van der Waals surface area contributed by atoms with Crippen molar-refractivity contribution in [2.75, 3.05) is 18.6 Å². The van der Waals surface area contributed by atoms with Crippen LogP contribution >= 0.6 is 0 Å². The van der Waals surface area contributed by atoms with E-state index in [1.165, 1.54) is 30.2 Å². The van der Waals surface area contributed by atoms with Crippen molar-refractivity contribution in [1.29, 1.82) is 0 Å². The molecule has 1 amide bonds. The third-order valence-corrected chi connectivity index (χ3v) is 4.53. The number of carbonyl (C=O) groups is 1. The normalized spacial score (nSPS) is 16.6. The number of amides is 1. The van der Waals surface area contributed by atoms with Crippen LogP contribution in [0.2, 0.25) is 0 Å². The van der Waals surface area contributed by atoms with Gasteiger partial charge in [0.1, 0.15) is 11.6 Å². The van der Waals surface area contributed by atoms with Gasteiger partial charge in [-0.2, -0.15) is 4.98 Å². The number of aromatic nitrogens is 2. The summed E-state index contributed by atoms with van der Waals surface area (Å²) in [6, 6.07) is 7.26. The summed E-state index contributed by atoms with van der Waals surface area (Å²) >= 11 is 0. The highest BCUT2D eigenvalue weighted by Gasteiger charge is 2.36. The van der Waals surface area contributed by atoms with Gasteiger partial charge in [-0.25, -0.2) is 13.2 Å². The van der Waals surface area contributed by atoms with E-state index < -0.39 is 23.4 Å². The zero-order chi connectivity index (χ0) is 19.8. The molecule has 9 heteroatoms. The topological polar surface area (TPSA) is 68.5 Å². The van der Waals surface area contributed by atoms with Gasteiger partial charge in [-0.1, -0.05) is 5.16 Å². The molecule has 4 rings (SSSR count). The van der Waals surface area contributed by atoms with Crippen molar-refractivity contribution in [3.63, 3.8) is 0 Å². The summed E-state index contributed by atoms with van der Waals surface area (Å²) in [5.41, 5.74) is 0.380. The fourth-order valence-corrected chi connectivity index (χ4v) is 3.13. The zero-order valence-electron chi connectivity index (χ0n) is 14.7. The van der Waals surface area contributed by atoms with Crippen LogP contribution in [-0.2, 0) is 4.79 Å². The van der Waals surface area contributed by atoms with Gasteiger partial charge in [0, 0.05) is 24.6 Å². The number of hydrogen-bond donors (Lipinski definition) is 0. The first-order chi connectivity index (χ1) is 13.5. The van der Waals surface area contributed by atoms with Crippen molar-refractivity contribution >= 4 is 11.6 Å². The Bertz CT molecular complexity index is 1050. The molecule has 144 valence electrons. The van der Waals surface area contributed by atoms with E-state index in [0.29, 0.717) is 5.56 Å². The van der Waals surface area contributed by atoms with Gasteiger partial charge in [0.05, 0.1) is 18.7 Å². The molecular formula is C19H14F3N3O3. The molecule has 1 fully saturated rings. The molecule has 0 spiro atoms. The predicted molar refractivity (Wildman–Crippen MR) is 92.3 cm³/mol. The predicted octanol–water partition coefficient (Wildman–Crippen LogP) is 3.68.